The van der Waals surface area contributed by atoms with Gasteiger partial charge in [-0.15, -0.1) is 0 Å². The molecule has 1 amide bonds. The van der Waals surface area contributed by atoms with Gasteiger partial charge in [0, 0.05) is 23.2 Å². The quantitative estimate of drug-likeness (QED) is 0.435. The molecule has 0 aliphatic rings. The topological polar surface area (TPSA) is 72.5 Å². The maximum Gasteiger partial charge on any atom is 0.307 e. The second-order valence-corrected chi connectivity index (χ2v) is 6.57. The average molecular weight is 405 g/mol. The minimum absolute atomic E-state index is 0.128. The van der Waals surface area contributed by atoms with E-state index < -0.39 is 23.8 Å². The Morgan fingerprint density at radius 3 is 2.03 bits per heavy atom. The van der Waals surface area contributed by atoms with Crippen molar-refractivity contribution in [3.63, 3.8) is 0 Å². The van der Waals surface area contributed by atoms with E-state index in [1.165, 1.54) is 24.3 Å². The molecule has 3 aromatic rings. The molecule has 0 saturated heterocycles. The molecule has 0 saturated carbocycles. The molecule has 0 unspecified atom stereocenters. The summed E-state index contributed by atoms with van der Waals surface area (Å²) in [5.41, 5.74) is 1.40. The smallest absolute Gasteiger partial charge is 0.307 e. The molecular weight excluding hydrogens is 385 g/mol. The number of carbonyl (C=O) groups is 3. The molecule has 1 atom stereocenters. The minimum atomic E-state index is -1.10. The van der Waals surface area contributed by atoms with Crippen LogP contribution in [-0.4, -0.2) is 17.7 Å². The number of esters is 1. The lowest BCUT2D eigenvalue weighted by Gasteiger charge is -2.17. The largest absolute Gasteiger partial charge is 0.449 e. The highest BCUT2D eigenvalue weighted by atomic mass is 19.1. The lowest BCUT2D eigenvalue weighted by Crippen LogP contribution is -2.21. The van der Waals surface area contributed by atoms with Gasteiger partial charge >= 0.3 is 5.97 Å². The Morgan fingerprint density at radius 1 is 0.800 bits per heavy atom. The molecule has 3 rings (SSSR count). The molecular formula is C24H20FNO4. The fraction of sp³-hybridized carbons (Fsp3) is 0.125. The van der Waals surface area contributed by atoms with Gasteiger partial charge in [-0.3, -0.25) is 14.4 Å². The van der Waals surface area contributed by atoms with Crippen LogP contribution in [0, 0.1) is 5.82 Å². The Balaban J connectivity index is 1.62. The summed E-state index contributed by atoms with van der Waals surface area (Å²) in [6.07, 6.45) is -1.42. The number of Topliss-reactive ketones (excluding diaryl/α,β-unsaturated/α-hetero) is 1. The second kappa shape index (κ2) is 10.1. The van der Waals surface area contributed by atoms with E-state index in [1.807, 2.05) is 0 Å². The van der Waals surface area contributed by atoms with Gasteiger partial charge in [0.1, 0.15) is 5.82 Å². The van der Waals surface area contributed by atoms with Crippen molar-refractivity contribution in [2.75, 3.05) is 5.32 Å². The van der Waals surface area contributed by atoms with Crippen molar-refractivity contribution in [2.24, 2.45) is 0 Å². The van der Waals surface area contributed by atoms with Crippen LogP contribution < -0.4 is 5.32 Å². The number of hydrogen-bond donors (Lipinski definition) is 1. The van der Waals surface area contributed by atoms with Crippen molar-refractivity contribution in [1.29, 1.82) is 0 Å². The van der Waals surface area contributed by atoms with E-state index in [0.29, 0.717) is 16.8 Å². The summed E-state index contributed by atoms with van der Waals surface area (Å²) in [7, 11) is 0. The molecule has 152 valence electrons. The highest BCUT2D eigenvalue weighted by Crippen LogP contribution is 2.23. The van der Waals surface area contributed by atoms with Crippen molar-refractivity contribution in [3.05, 3.63) is 102 Å². The first-order chi connectivity index (χ1) is 14.5. The maximum absolute atomic E-state index is 12.9. The molecule has 0 aliphatic carbocycles. The maximum atomic E-state index is 12.9. The van der Waals surface area contributed by atoms with Gasteiger partial charge < -0.3 is 10.1 Å². The summed E-state index contributed by atoms with van der Waals surface area (Å²) in [6, 6.07) is 22.6. The van der Waals surface area contributed by atoms with Crippen LogP contribution in [0.25, 0.3) is 0 Å². The van der Waals surface area contributed by atoms with Gasteiger partial charge in [0.25, 0.3) is 0 Å². The zero-order valence-electron chi connectivity index (χ0n) is 16.1. The van der Waals surface area contributed by atoms with Crippen LogP contribution in [0.4, 0.5) is 10.1 Å². The lowest BCUT2D eigenvalue weighted by molar-refractivity contribution is -0.148. The van der Waals surface area contributed by atoms with E-state index in [1.54, 1.807) is 60.7 Å². The predicted molar refractivity (Wildman–Crippen MR) is 110 cm³/mol. The Labute approximate surface area is 173 Å². The molecule has 0 spiro atoms. The molecule has 30 heavy (non-hydrogen) atoms. The zero-order valence-corrected chi connectivity index (χ0v) is 16.1. The van der Waals surface area contributed by atoms with Gasteiger partial charge in [0.15, 0.2) is 6.10 Å². The van der Waals surface area contributed by atoms with Gasteiger partial charge in [0.2, 0.25) is 11.7 Å². The standard InChI is InChI=1S/C24H20FNO4/c25-19-11-13-20(14-12-19)26-21(27)15-16-22(28)30-24(18-9-5-2-6-10-18)23(29)17-7-3-1-4-8-17/h1-14,24H,15-16H2,(H,26,27)/t24-/m0/s1. The van der Waals surface area contributed by atoms with Gasteiger partial charge in [-0.25, -0.2) is 4.39 Å². The van der Waals surface area contributed by atoms with E-state index in [9.17, 15) is 18.8 Å². The normalized spacial score (nSPS) is 11.4. The first-order valence-electron chi connectivity index (χ1n) is 9.42. The van der Waals surface area contributed by atoms with Gasteiger partial charge in [-0.05, 0) is 24.3 Å². The Bertz CT molecular complexity index is 1000. The summed E-state index contributed by atoms with van der Waals surface area (Å²) >= 11 is 0. The minimum Gasteiger partial charge on any atom is -0.449 e. The summed E-state index contributed by atoms with van der Waals surface area (Å²) in [5.74, 6) is -1.83. The van der Waals surface area contributed by atoms with Gasteiger partial charge in [-0.2, -0.15) is 0 Å². The van der Waals surface area contributed by atoms with Crippen molar-refractivity contribution in [3.8, 4) is 0 Å². The van der Waals surface area contributed by atoms with E-state index in [-0.39, 0.29) is 18.6 Å². The molecule has 0 bridgehead atoms. The number of anilines is 1. The van der Waals surface area contributed by atoms with Crippen molar-refractivity contribution in [1.82, 2.24) is 0 Å². The van der Waals surface area contributed by atoms with Crippen LogP contribution in [-0.2, 0) is 14.3 Å². The number of ketones is 1. The summed E-state index contributed by atoms with van der Waals surface area (Å²) in [6.45, 7) is 0. The third-order valence-electron chi connectivity index (χ3n) is 4.33. The Kier molecular flexibility index (Phi) is 7.05. The second-order valence-electron chi connectivity index (χ2n) is 6.57. The predicted octanol–water partition coefficient (Wildman–Crippen LogP) is 4.71. The lowest BCUT2D eigenvalue weighted by atomic mass is 10.00. The fourth-order valence-corrected chi connectivity index (χ4v) is 2.82. The summed E-state index contributed by atoms with van der Waals surface area (Å²) < 4.78 is 18.4. The number of ether oxygens (including phenoxy) is 1. The number of amides is 1. The molecule has 6 heteroatoms. The number of nitrogens with one attached hydrogen (secondary N) is 1. The molecule has 0 radical (unpaired) electrons. The van der Waals surface area contributed by atoms with Crippen molar-refractivity contribution in [2.45, 2.75) is 18.9 Å². The van der Waals surface area contributed by atoms with Crippen LogP contribution in [0.5, 0.6) is 0 Å². The van der Waals surface area contributed by atoms with Crippen LogP contribution in [0.2, 0.25) is 0 Å². The number of carbonyl (C=O) groups excluding carboxylic acids is 3. The van der Waals surface area contributed by atoms with Crippen LogP contribution in [0.1, 0.15) is 34.9 Å². The third kappa shape index (κ3) is 5.85. The number of halogens is 1. The van der Waals surface area contributed by atoms with E-state index in [2.05, 4.69) is 5.32 Å². The molecule has 0 aromatic heterocycles. The fourth-order valence-electron chi connectivity index (χ4n) is 2.82. The van der Waals surface area contributed by atoms with Crippen LogP contribution >= 0.6 is 0 Å². The molecule has 3 aromatic carbocycles. The first-order valence-corrected chi connectivity index (χ1v) is 9.42. The SMILES string of the molecule is O=C(CCC(=O)O[C@H](C(=O)c1ccccc1)c1ccccc1)Nc1ccc(F)cc1. The molecule has 1 N–H and O–H groups in total. The third-order valence-corrected chi connectivity index (χ3v) is 4.33. The average Bonchev–Trinajstić information content (AvgIpc) is 2.78. The molecule has 5 nitrogen and oxygen atoms in total. The molecule has 0 fully saturated rings. The Hall–Kier alpha value is -3.80. The summed E-state index contributed by atoms with van der Waals surface area (Å²) in [5, 5.41) is 2.58. The van der Waals surface area contributed by atoms with E-state index in [4.69, 9.17) is 4.74 Å². The van der Waals surface area contributed by atoms with E-state index in [0.717, 1.165) is 0 Å². The molecule has 0 heterocycles. The first kappa shape index (κ1) is 20.9. The number of benzene rings is 3. The summed E-state index contributed by atoms with van der Waals surface area (Å²) in [4.78, 5) is 37.3. The van der Waals surface area contributed by atoms with Crippen LogP contribution in [0.3, 0.4) is 0 Å². The van der Waals surface area contributed by atoms with Crippen molar-refractivity contribution < 1.29 is 23.5 Å². The number of rotatable bonds is 8. The van der Waals surface area contributed by atoms with E-state index >= 15 is 0 Å². The monoisotopic (exact) mass is 405 g/mol. The zero-order chi connectivity index (χ0) is 21.3. The highest BCUT2D eigenvalue weighted by molar-refractivity contribution is 6.01. The van der Waals surface area contributed by atoms with Gasteiger partial charge in [0.05, 0.1) is 6.42 Å². The highest BCUT2D eigenvalue weighted by Gasteiger charge is 2.26. The Morgan fingerprint density at radius 2 is 1.40 bits per heavy atom. The molecule has 0 aliphatic heterocycles. The van der Waals surface area contributed by atoms with Crippen molar-refractivity contribution >= 4 is 23.3 Å². The van der Waals surface area contributed by atoms with Crippen LogP contribution in [0.15, 0.2) is 84.9 Å². The number of hydrogen-bond acceptors (Lipinski definition) is 4. The van der Waals surface area contributed by atoms with Gasteiger partial charge in [-0.1, -0.05) is 60.7 Å².